The summed E-state index contributed by atoms with van der Waals surface area (Å²) in [6.07, 6.45) is 6.69. The summed E-state index contributed by atoms with van der Waals surface area (Å²) in [5, 5.41) is 11.0. The Morgan fingerprint density at radius 1 is 1.32 bits per heavy atom. The van der Waals surface area contributed by atoms with E-state index in [2.05, 4.69) is 0 Å². The van der Waals surface area contributed by atoms with Gasteiger partial charge in [0.15, 0.2) is 0 Å². The normalized spacial score (nSPS) is 33.7. The Hall–Kier alpha value is -1.13. The van der Waals surface area contributed by atoms with E-state index in [9.17, 15) is 14.9 Å². The molecule has 108 valence electrons. The van der Waals surface area contributed by atoms with Crippen LogP contribution in [0.1, 0.15) is 51.9 Å². The fourth-order valence-electron chi connectivity index (χ4n) is 4.14. The van der Waals surface area contributed by atoms with E-state index in [1.807, 2.05) is 0 Å². The predicted molar refractivity (Wildman–Crippen MR) is 70.2 cm³/mol. The molecule has 0 aromatic carbocycles. The zero-order valence-electron chi connectivity index (χ0n) is 11.6. The van der Waals surface area contributed by atoms with Crippen molar-refractivity contribution in [1.29, 1.82) is 0 Å². The van der Waals surface area contributed by atoms with Crippen molar-refractivity contribution in [1.82, 2.24) is 0 Å². The van der Waals surface area contributed by atoms with Gasteiger partial charge in [-0.1, -0.05) is 25.7 Å². The number of hydrogen-bond donors (Lipinski definition) is 0. The van der Waals surface area contributed by atoms with E-state index in [0.717, 1.165) is 12.8 Å². The molecule has 0 unspecified atom stereocenters. The van der Waals surface area contributed by atoms with Crippen molar-refractivity contribution in [2.75, 3.05) is 13.2 Å². The van der Waals surface area contributed by atoms with Crippen LogP contribution in [0.15, 0.2) is 0 Å². The third-order valence-corrected chi connectivity index (χ3v) is 4.75. The van der Waals surface area contributed by atoms with Crippen molar-refractivity contribution in [2.45, 2.75) is 51.9 Å². The van der Waals surface area contributed by atoms with Crippen LogP contribution in [0.3, 0.4) is 0 Å². The van der Waals surface area contributed by atoms with E-state index in [0.29, 0.717) is 18.4 Å². The molecular weight excluding hydrogens is 246 g/mol. The zero-order chi connectivity index (χ0) is 13.9. The largest absolute Gasteiger partial charge is 0.466 e. The number of fused-ring (bicyclic) bond motifs is 1. The lowest BCUT2D eigenvalue weighted by Gasteiger charge is -2.24. The van der Waals surface area contributed by atoms with E-state index in [1.54, 1.807) is 6.92 Å². The minimum atomic E-state index is -0.449. The van der Waals surface area contributed by atoms with Gasteiger partial charge in [0, 0.05) is 10.3 Å². The van der Waals surface area contributed by atoms with Crippen LogP contribution in [0.4, 0.5) is 0 Å². The molecule has 0 N–H and O–H groups in total. The van der Waals surface area contributed by atoms with Crippen LogP contribution in [0.5, 0.6) is 0 Å². The van der Waals surface area contributed by atoms with E-state index in [4.69, 9.17) is 4.74 Å². The molecule has 0 bridgehead atoms. The number of hydrogen-bond acceptors (Lipinski definition) is 4. The third kappa shape index (κ3) is 3.45. The highest BCUT2D eigenvalue weighted by Gasteiger charge is 2.50. The van der Waals surface area contributed by atoms with Gasteiger partial charge in [-0.25, -0.2) is 0 Å². The van der Waals surface area contributed by atoms with Gasteiger partial charge in [0.05, 0.1) is 13.0 Å². The Kier molecular flexibility index (Phi) is 4.42. The number of rotatable bonds is 5. The van der Waals surface area contributed by atoms with Crippen molar-refractivity contribution in [3.05, 3.63) is 10.1 Å². The molecule has 2 aliphatic carbocycles. The number of carbonyl (C=O) groups is 1. The number of esters is 1. The lowest BCUT2D eigenvalue weighted by molar-refractivity contribution is -0.497. The van der Waals surface area contributed by atoms with E-state index < -0.39 is 5.41 Å². The fourth-order valence-corrected chi connectivity index (χ4v) is 4.14. The highest BCUT2D eigenvalue weighted by atomic mass is 16.6. The summed E-state index contributed by atoms with van der Waals surface area (Å²) < 4.78 is 5.00. The minimum Gasteiger partial charge on any atom is -0.466 e. The lowest BCUT2D eigenvalue weighted by Crippen LogP contribution is -2.31. The minimum absolute atomic E-state index is 0.0845. The van der Waals surface area contributed by atoms with Gasteiger partial charge in [-0.05, 0) is 31.6 Å². The quantitative estimate of drug-likeness (QED) is 0.437. The van der Waals surface area contributed by atoms with Crippen molar-refractivity contribution in [3.8, 4) is 0 Å². The summed E-state index contributed by atoms with van der Waals surface area (Å²) in [5.74, 6) is 0.897. The fraction of sp³-hybridized carbons (Fsp3) is 0.929. The molecule has 0 amide bonds. The zero-order valence-corrected chi connectivity index (χ0v) is 11.6. The van der Waals surface area contributed by atoms with Gasteiger partial charge in [-0.3, -0.25) is 14.9 Å². The molecular formula is C14H23NO4. The second-order valence-corrected chi connectivity index (χ2v) is 6.19. The van der Waals surface area contributed by atoms with Gasteiger partial charge in [-0.15, -0.1) is 0 Å². The molecule has 0 spiro atoms. The van der Waals surface area contributed by atoms with Crippen molar-refractivity contribution in [3.63, 3.8) is 0 Å². The average Bonchev–Trinajstić information content (AvgIpc) is 2.65. The molecule has 0 aromatic rings. The Morgan fingerprint density at radius 2 is 1.89 bits per heavy atom. The molecule has 5 heteroatoms. The van der Waals surface area contributed by atoms with Crippen LogP contribution >= 0.6 is 0 Å². The summed E-state index contributed by atoms with van der Waals surface area (Å²) in [7, 11) is 0. The average molecular weight is 269 g/mol. The van der Waals surface area contributed by atoms with Crippen LogP contribution in [0.2, 0.25) is 0 Å². The van der Waals surface area contributed by atoms with Crippen LogP contribution in [-0.2, 0) is 9.53 Å². The Balaban J connectivity index is 2.07. The molecule has 3 atom stereocenters. The number of carbonyl (C=O) groups excluding carboxylic acids is 1. The molecule has 0 heterocycles. The predicted octanol–water partition coefficient (Wildman–Crippen LogP) is 2.80. The Labute approximate surface area is 113 Å². The molecule has 0 aromatic heterocycles. The van der Waals surface area contributed by atoms with Gasteiger partial charge in [0.25, 0.3) is 0 Å². The van der Waals surface area contributed by atoms with E-state index in [1.165, 1.54) is 25.7 Å². The van der Waals surface area contributed by atoms with E-state index >= 15 is 0 Å². The molecule has 0 radical (unpaired) electrons. The maximum atomic E-state index is 11.7. The smallest absolute Gasteiger partial charge is 0.306 e. The van der Waals surface area contributed by atoms with Crippen LogP contribution < -0.4 is 0 Å². The first kappa shape index (κ1) is 14.3. The highest BCUT2D eigenvalue weighted by Crippen LogP contribution is 2.53. The van der Waals surface area contributed by atoms with Gasteiger partial charge in [0.1, 0.15) is 0 Å². The van der Waals surface area contributed by atoms with Gasteiger partial charge < -0.3 is 4.74 Å². The van der Waals surface area contributed by atoms with Gasteiger partial charge in [-0.2, -0.15) is 0 Å². The molecule has 2 aliphatic rings. The highest BCUT2D eigenvalue weighted by molar-refractivity contribution is 5.70. The molecule has 2 saturated carbocycles. The van der Waals surface area contributed by atoms with Crippen LogP contribution in [0, 0.1) is 27.4 Å². The maximum Gasteiger partial charge on any atom is 0.306 e. The Bertz CT molecular complexity index is 341. The number of nitro groups is 1. The molecule has 0 aliphatic heterocycles. The van der Waals surface area contributed by atoms with Crippen LogP contribution in [0.25, 0.3) is 0 Å². The molecule has 0 saturated heterocycles. The Morgan fingerprint density at radius 3 is 2.37 bits per heavy atom. The SMILES string of the molecule is CCOC(=O)C[C@@]1(C[N+](=O)[O-])C[C@H]2CCCC[C@H]2C1. The van der Waals surface area contributed by atoms with Crippen LogP contribution in [-0.4, -0.2) is 24.0 Å². The van der Waals surface area contributed by atoms with Gasteiger partial charge in [0.2, 0.25) is 6.54 Å². The van der Waals surface area contributed by atoms with Crippen molar-refractivity contribution in [2.24, 2.45) is 17.3 Å². The summed E-state index contributed by atoms with van der Waals surface area (Å²) in [4.78, 5) is 22.5. The second-order valence-electron chi connectivity index (χ2n) is 6.19. The molecule has 2 fully saturated rings. The first-order chi connectivity index (χ1) is 9.04. The first-order valence-corrected chi connectivity index (χ1v) is 7.32. The standard InChI is InChI=1S/C14H23NO4/c1-2-19-13(16)9-14(10-15(17)18)7-11-5-3-4-6-12(11)8-14/h11-12H,2-10H2,1H3/t11-,12+,14-. The van der Waals surface area contributed by atoms with Gasteiger partial charge >= 0.3 is 5.97 Å². The van der Waals surface area contributed by atoms with Crippen molar-refractivity contribution >= 4 is 5.97 Å². The summed E-state index contributed by atoms with van der Waals surface area (Å²) in [5.41, 5.74) is -0.449. The monoisotopic (exact) mass is 269 g/mol. The molecule has 5 nitrogen and oxygen atoms in total. The maximum absolute atomic E-state index is 11.7. The number of nitrogens with zero attached hydrogens (tertiary/aromatic N) is 1. The molecule has 19 heavy (non-hydrogen) atoms. The topological polar surface area (TPSA) is 69.4 Å². The third-order valence-electron chi connectivity index (χ3n) is 4.75. The second kappa shape index (κ2) is 5.88. The first-order valence-electron chi connectivity index (χ1n) is 7.32. The summed E-state index contributed by atoms with van der Waals surface area (Å²) in [6.45, 7) is 2.03. The van der Waals surface area contributed by atoms with E-state index in [-0.39, 0.29) is 23.9 Å². The number of ether oxygens (including phenoxy) is 1. The van der Waals surface area contributed by atoms with Crippen molar-refractivity contribution < 1.29 is 14.5 Å². The summed E-state index contributed by atoms with van der Waals surface area (Å²) in [6, 6.07) is 0. The molecule has 2 rings (SSSR count). The summed E-state index contributed by atoms with van der Waals surface area (Å²) >= 11 is 0. The lowest BCUT2D eigenvalue weighted by atomic mass is 9.81.